The highest BCUT2D eigenvalue weighted by Gasteiger charge is 2.45. The van der Waals surface area contributed by atoms with Gasteiger partial charge in [-0.25, -0.2) is 9.97 Å². The van der Waals surface area contributed by atoms with Crippen LogP contribution >= 0.6 is 0 Å². The van der Waals surface area contributed by atoms with E-state index in [0.717, 1.165) is 42.0 Å². The minimum atomic E-state index is 0.496. The number of aromatic nitrogens is 2. The van der Waals surface area contributed by atoms with Crippen molar-refractivity contribution >= 4 is 11.6 Å². The SMILES string of the molecule is CCNc1nc(C2CC2)nc(NCC2(C(C)C)CC2)c1C. The second-order valence-corrected chi connectivity index (χ2v) is 7.08. The molecule has 21 heavy (non-hydrogen) atoms. The van der Waals surface area contributed by atoms with Gasteiger partial charge in [-0.15, -0.1) is 0 Å². The van der Waals surface area contributed by atoms with Crippen molar-refractivity contribution in [2.75, 3.05) is 23.7 Å². The molecule has 0 spiro atoms. The highest BCUT2D eigenvalue weighted by atomic mass is 15.1. The van der Waals surface area contributed by atoms with Gasteiger partial charge in [-0.1, -0.05) is 13.8 Å². The van der Waals surface area contributed by atoms with Crippen molar-refractivity contribution in [2.45, 2.75) is 59.3 Å². The standard InChI is InChI=1S/C17H28N4/c1-5-18-14-12(4)15(21-16(20-14)13-6-7-13)19-10-17(8-9-17)11(2)3/h11,13H,5-10H2,1-4H3,(H2,18,19,20,21). The zero-order chi connectivity index (χ0) is 15.0. The average molecular weight is 288 g/mol. The van der Waals surface area contributed by atoms with Crippen molar-refractivity contribution in [2.24, 2.45) is 11.3 Å². The van der Waals surface area contributed by atoms with E-state index in [0.29, 0.717) is 11.3 Å². The van der Waals surface area contributed by atoms with Crippen LogP contribution in [-0.2, 0) is 0 Å². The first-order chi connectivity index (χ1) is 10.1. The predicted octanol–water partition coefficient (Wildman–Crippen LogP) is 3.94. The van der Waals surface area contributed by atoms with E-state index in [1.54, 1.807) is 0 Å². The third kappa shape index (κ3) is 2.99. The van der Waals surface area contributed by atoms with Crippen molar-refractivity contribution in [3.05, 3.63) is 11.4 Å². The molecule has 1 heterocycles. The number of nitrogens with one attached hydrogen (secondary N) is 2. The molecule has 3 rings (SSSR count). The van der Waals surface area contributed by atoms with Gasteiger partial charge in [0.2, 0.25) is 0 Å². The summed E-state index contributed by atoms with van der Waals surface area (Å²) in [6.45, 7) is 10.8. The van der Waals surface area contributed by atoms with Crippen molar-refractivity contribution in [3.63, 3.8) is 0 Å². The summed E-state index contributed by atoms with van der Waals surface area (Å²) in [6.07, 6.45) is 5.17. The third-order valence-corrected chi connectivity index (χ3v) is 5.17. The van der Waals surface area contributed by atoms with Gasteiger partial charge in [0.25, 0.3) is 0 Å². The molecule has 0 unspecified atom stereocenters. The monoisotopic (exact) mass is 288 g/mol. The first-order valence-corrected chi connectivity index (χ1v) is 8.42. The number of hydrogen-bond acceptors (Lipinski definition) is 4. The Kier molecular flexibility index (Phi) is 3.80. The van der Waals surface area contributed by atoms with Crippen LogP contribution in [0, 0.1) is 18.3 Å². The lowest BCUT2D eigenvalue weighted by atomic mass is 9.92. The topological polar surface area (TPSA) is 49.8 Å². The molecule has 0 atom stereocenters. The normalized spacial score (nSPS) is 19.7. The van der Waals surface area contributed by atoms with Crippen LogP contribution in [0.3, 0.4) is 0 Å². The molecule has 0 amide bonds. The number of hydrogen-bond donors (Lipinski definition) is 2. The van der Waals surface area contributed by atoms with Gasteiger partial charge in [0.1, 0.15) is 17.5 Å². The van der Waals surface area contributed by atoms with Crippen LogP contribution < -0.4 is 10.6 Å². The predicted molar refractivity (Wildman–Crippen MR) is 87.9 cm³/mol. The van der Waals surface area contributed by atoms with Crippen molar-refractivity contribution in [1.82, 2.24) is 9.97 Å². The fraction of sp³-hybridized carbons (Fsp3) is 0.765. The van der Waals surface area contributed by atoms with Gasteiger partial charge in [-0.05, 0) is 50.9 Å². The molecular weight excluding hydrogens is 260 g/mol. The molecule has 116 valence electrons. The molecule has 0 aliphatic heterocycles. The molecule has 0 saturated heterocycles. The zero-order valence-corrected chi connectivity index (χ0v) is 13.8. The molecular formula is C17H28N4. The fourth-order valence-electron chi connectivity index (χ4n) is 2.95. The smallest absolute Gasteiger partial charge is 0.136 e. The molecule has 2 fully saturated rings. The lowest BCUT2D eigenvalue weighted by Gasteiger charge is -2.22. The lowest BCUT2D eigenvalue weighted by Crippen LogP contribution is -2.22. The van der Waals surface area contributed by atoms with Gasteiger partial charge in [-0.3, -0.25) is 0 Å². The highest BCUT2D eigenvalue weighted by molar-refractivity contribution is 5.57. The number of anilines is 2. The Balaban J connectivity index is 1.79. The van der Waals surface area contributed by atoms with Crippen molar-refractivity contribution < 1.29 is 0 Å². The van der Waals surface area contributed by atoms with Gasteiger partial charge in [0, 0.05) is 24.6 Å². The maximum Gasteiger partial charge on any atom is 0.136 e. The average Bonchev–Trinajstić information content (AvgIpc) is 3.33. The summed E-state index contributed by atoms with van der Waals surface area (Å²) >= 11 is 0. The Bertz CT molecular complexity index is 516. The maximum atomic E-state index is 4.81. The minimum Gasteiger partial charge on any atom is -0.370 e. The van der Waals surface area contributed by atoms with Crippen LogP contribution in [0.4, 0.5) is 11.6 Å². The molecule has 4 nitrogen and oxygen atoms in total. The molecule has 0 bridgehead atoms. The Morgan fingerprint density at radius 1 is 1.14 bits per heavy atom. The third-order valence-electron chi connectivity index (χ3n) is 5.17. The van der Waals surface area contributed by atoms with E-state index in [4.69, 9.17) is 9.97 Å². The summed E-state index contributed by atoms with van der Waals surface area (Å²) in [7, 11) is 0. The van der Waals surface area contributed by atoms with E-state index in [1.807, 2.05) is 0 Å². The first-order valence-electron chi connectivity index (χ1n) is 8.42. The van der Waals surface area contributed by atoms with Crippen LogP contribution in [0.1, 0.15) is 63.8 Å². The quantitative estimate of drug-likeness (QED) is 0.798. The Morgan fingerprint density at radius 3 is 2.24 bits per heavy atom. The van der Waals surface area contributed by atoms with Crippen LogP contribution in [0.2, 0.25) is 0 Å². The van der Waals surface area contributed by atoms with Crippen LogP contribution in [-0.4, -0.2) is 23.1 Å². The molecule has 1 aromatic heterocycles. The van der Waals surface area contributed by atoms with E-state index in [9.17, 15) is 0 Å². The van der Waals surface area contributed by atoms with Gasteiger partial charge < -0.3 is 10.6 Å². The van der Waals surface area contributed by atoms with Gasteiger partial charge in [0.05, 0.1) is 0 Å². The van der Waals surface area contributed by atoms with Crippen LogP contribution in [0.25, 0.3) is 0 Å². The van der Waals surface area contributed by atoms with Crippen molar-refractivity contribution in [1.29, 1.82) is 0 Å². The molecule has 4 heteroatoms. The summed E-state index contributed by atoms with van der Waals surface area (Å²) in [6, 6.07) is 0. The van der Waals surface area contributed by atoms with E-state index in [2.05, 4.69) is 38.3 Å². The minimum absolute atomic E-state index is 0.496. The second kappa shape index (κ2) is 5.47. The summed E-state index contributed by atoms with van der Waals surface area (Å²) in [5.74, 6) is 4.39. The summed E-state index contributed by atoms with van der Waals surface area (Å²) in [5.41, 5.74) is 1.65. The zero-order valence-electron chi connectivity index (χ0n) is 13.8. The molecule has 2 aliphatic carbocycles. The van der Waals surface area contributed by atoms with E-state index in [1.165, 1.54) is 25.7 Å². The largest absolute Gasteiger partial charge is 0.370 e. The van der Waals surface area contributed by atoms with E-state index >= 15 is 0 Å². The fourth-order valence-corrected chi connectivity index (χ4v) is 2.95. The summed E-state index contributed by atoms with van der Waals surface area (Å²) < 4.78 is 0. The molecule has 0 radical (unpaired) electrons. The summed E-state index contributed by atoms with van der Waals surface area (Å²) in [5, 5.41) is 7.01. The molecule has 2 aliphatic rings. The van der Waals surface area contributed by atoms with Gasteiger partial charge >= 0.3 is 0 Å². The van der Waals surface area contributed by atoms with Crippen LogP contribution in [0.15, 0.2) is 0 Å². The molecule has 2 saturated carbocycles. The van der Waals surface area contributed by atoms with Crippen molar-refractivity contribution in [3.8, 4) is 0 Å². The molecule has 1 aromatic rings. The number of nitrogens with zero attached hydrogens (tertiary/aromatic N) is 2. The van der Waals surface area contributed by atoms with Gasteiger partial charge in [-0.2, -0.15) is 0 Å². The molecule has 0 aromatic carbocycles. The lowest BCUT2D eigenvalue weighted by molar-refractivity contribution is 0.379. The number of rotatable bonds is 7. The van der Waals surface area contributed by atoms with Crippen LogP contribution in [0.5, 0.6) is 0 Å². The molecule has 2 N–H and O–H groups in total. The Hall–Kier alpha value is -1.32. The Labute approximate surface area is 128 Å². The second-order valence-electron chi connectivity index (χ2n) is 7.08. The maximum absolute atomic E-state index is 4.81. The Morgan fingerprint density at radius 2 is 1.76 bits per heavy atom. The highest BCUT2D eigenvalue weighted by Crippen LogP contribution is 2.51. The van der Waals surface area contributed by atoms with E-state index in [-0.39, 0.29) is 0 Å². The van der Waals surface area contributed by atoms with Gasteiger partial charge in [0.15, 0.2) is 0 Å². The first kappa shape index (κ1) is 14.6. The van der Waals surface area contributed by atoms with E-state index < -0.39 is 0 Å². The summed E-state index contributed by atoms with van der Waals surface area (Å²) in [4.78, 5) is 9.52.